The molecule has 10 aromatic rings. The van der Waals surface area contributed by atoms with Gasteiger partial charge in [-0.25, -0.2) is 32.9 Å². The van der Waals surface area contributed by atoms with Crippen LogP contribution in [0.1, 0.15) is 178 Å². The molecule has 6 aromatic carbocycles. The van der Waals surface area contributed by atoms with Crippen LogP contribution in [0.4, 0.5) is 25.0 Å². The van der Waals surface area contributed by atoms with Gasteiger partial charge < -0.3 is 61.6 Å². The number of carbonyl (C=O) groups is 6. The van der Waals surface area contributed by atoms with Gasteiger partial charge in [0.15, 0.2) is 11.3 Å². The van der Waals surface area contributed by atoms with Gasteiger partial charge in [-0.2, -0.15) is 10.2 Å². The van der Waals surface area contributed by atoms with E-state index in [0.717, 1.165) is 171 Å². The minimum Gasteiger partial charge on any atom is -0.444 e. The number of ether oxygens (including phenoxy) is 3. The van der Waals surface area contributed by atoms with E-state index in [1.54, 1.807) is 83.8 Å². The first-order chi connectivity index (χ1) is 57.2. The van der Waals surface area contributed by atoms with Gasteiger partial charge in [-0.3, -0.25) is 28.9 Å². The molecule has 4 aliphatic heterocycles. The fraction of sp³-hybridized carbons (Fsp3) is 0.407. The maximum atomic E-state index is 14.9. The third-order valence-electron chi connectivity index (χ3n) is 21.2. The Hall–Kier alpha value is -11.4. The van der Waals surface area contributed by atoms with Crippen LogP contribution in [-0.4, -0.2) is 172 Å². The number of benzene rings is 6. The summed E-state index contributed by atoms with van der Waals surface area (Å²) < 4.78 is 49.7. The molecule has 4 aliphatic rings. The fourth-order valence-corrected chi connectivity index (χ4v) is 15.1. The summed E-state index contributed by atoms with van der Waals surface area (Å²) in [6.07, 6.45) is 11.2. The number of fused-ring (bicyclic) bond motifs is 2. The minimum absolute atomic E-state index is 0.0696. The van der Waals surface area contributed by atoms with Crippen molar-refractivity contribution in [2.24, 2.45) is 0 Å². The van der Waals surface area contributed by atoms with Crippen LogP contribution in [0.3, 0.4) is 0 Å². The summed E-state index contributed by atoms with van der Waals surface area (Å²) in [5, 5.41) is 37.0. The zero-order valence-electron chi connectivity index (χ0n) is 68.7. The Morgan fingerprint density at radius 1 is 0.508 bits per heavy atom. The van der Waals surface area contributed by atoms with Crippen molar-refractivity contribution in [2.75, 3.05) is 89.4 Å². The number of hydrogen-bond donors (Lipinski definition) is 8. The molecule has 14 rings (SSSR count). The van der Waals surface area contributed by atoms with Gasteiger partial charge in [0.2, 0.25) is 0 Å². The number of rotatable bonds is 25. The van der Waals surface area contributed by atoms with E-state index in [9.17, 15) is 37.5 Å². The smallest absolute Gasteiger partial charge is 0.410 e. The number of amides is 5. The lowest BCUT2D eigenvalue weighted by molar-refractivity contribution is 0.0262. The zero-order valence-corrected chi connectivity index (χ0v) is 68.7. The number of anilines is 2. The summed E-state index contributed by atoms with van der Waals surface area (Å²) in [5.74, 6) is -2.21. The third-order valence-corrected chi connectivity index (χ3v) is 21.2. The molecule has 4 fully saturated rings. The average Bonchev–Trinajstić information content (AvgIpc) is 1.59. The zero-order chi connectivity index (χ0) is 83.1. The van der Waals surface area contributed by atoms with E-state index in [0.29, 0.717) is 102 Å². The highest BCUT2D eigenvalue weighted by molar-refractivity contribution is 6.01. The van der Waals surface area contributed by atoms with Crippen molar-refractivity contribution >= 4 is 69.4 Å². The van der Waals surface area contributed by atoms with Crippen LogP contribution < -0.4 is 42.5 Å². The summed E-state index contributed by atoms with van der Waals surface area (Å²) in [6.45, 7) is 27.0. The molecule has 5 amide bonds. The molecule has 27 heteroatoms. The van der Waals surface area contributed by atoms with Crippen LogP contribution >= 0.6 is 0 Å². The summed E-state index contributed by atoms with van der Waals surface area (Å²) in [7, 11) is 0. The van der Waals surface area contributed by atoms with Gasteiger partial charge in [-0.1, -0.05) is 62.4 Å². The molecule has 0 aliphatic carbocycles. The van der Waals surface area contributed by atoms with E-state index < -0.39 is 17.3 Å². The summed E-state index contributed by atoms with van der Waals surface area (Å²) >= 11 is 0. The number of nitrogens with one attached hydrogen (secondary N) is 8. The maximum absolute atomic E-state index is 14.9. The fourth-order valence-electron chi connectivity index (χ4n) is 15.1. The monoisotopic (exact) mass is 1610 g/mol. The number of pyridine rings is 2. The predicted molar refractivity (Wildman–Crippen MR) is 455 cm³/mol. The Balaban J connectivity index is 0.000000187. The van der Waals surface area contributed by atoms with Crippen molar-refractivity contribution in [1.29, 1.82) is 0 Å². The van der Waals surface area contributed by atoms with Gasteiger partial charge in [0.05, 0.1) is 34.5 Å². The van der Waals surface area contributed by atoms with Crippen molar-refractivity contribution < 1.29 is 51.8 Å². The lowest BCUT2D eigenvalue weighted by Crippen LogP contribution is -2.38. The third kappa shape index (κ3) is 23.3. The van der Waals surface area contributed by atoms with E-state index in [-0.39, 0.29) is 67.9 Å². The summed E-state index contributed by atoms with van der Waals surface area (Å²) in [4.78, 5) is 90.5. The summed E-state index contributed by atoms with van der Waals surface area (Å²) in [5.41, 5.74) is 13.9. The molecule has 25 nitrogen and oxygen atoms in total. The molecule has 8 heterocycles. The van der Waals surface area contributed by atoms with E-state index in [2.05, 4.69) is 76.7 Å². The number of aldehydes is 1. The van der Waals surface area contributed by atoms with Gasteiger partial charge in [0.1, 0.15) is 23.5 Å². The quantitative estimate of drug-likeness (QED) is 0.0247. The van der Waals surface area contributed by atoms with Crippen LogP contribution in [0.5, 0.6) is 0 Å². The second kappa shape index (κ2) is 41.7. The standard InChI is InChI=1S/C43H51FN8O3.C38H39FN6O4.C10H20N2O2/c1-3-39-37(40(49-36-12-18-55-19-13-36)38-27-48-52(4-2)41(38)50-39)26-47-43(54)33-11-6-10-32(23-33)42(53)46-25-30-21-34(24-35(44)22-30)31-9-5-8-29(20-31)28-51-16-7-14-45-15-17-51;1-3-34-32(35(43-31-11-13-49-14-12-31)33-22-42-45(4-2)36(33)44-34)21-41-38(48)28-10-6-9-27(18-28)37(47)40-20-25-16-29(19-30(39)17-25)26-8-5-7-24(15-26)23-46;1-10(2,3)14-9(13)12-7-4-5-11-6-8-12/h5-6,8-11,20-24,27,36,45H,3-4,7,12-19,25-26,28H2,1-2H3,(H,46,53)(H,47,54)(H,49,50);5-10,15-19,22-23,31H,3-4,11-14,20-21H2,1-2H3,(H,40,47)(H,41,48)(H,43,44);11H,4-8H2,1-3H3. The Labute approximate surface area is 688 Å². The normalized spacial score (nSPS) is 15.0. The van der Waals surface area contributed by atoms with Gasteiger partial charge in [-0.05, 0) is 229 Å². The largest absolute Gasteiger partial charge is 0.444 e. The predicted octanol–water partition coefficient (Wildman–Crippen LogP) is 13.4. The molecule has 8 N–H and O–H groups in total. The van der Waals surface area contributed by atoms with Crippen LogP contribution in [0, 0.1) is 11.6 Å². The molecule has 0 spiro atoms. The maximum Gasteiger partial charge on any atom is 0.410 e. The first-order valence-corrected chi connectivity index (χ1v) is 41.4. The van der Waals surface area contributed by atoms with Crippen LogP contribution in [0.25, 0.3) is 44.3 Å². The van der Waals surface area contributed by atoms with E-state index >= 15 is 0 Å². The van der Waals surface area contributed by atoms with Gasteiger partial charge in [-0.15, -0.1) is 0 Å². The lowest BCUT2D eigenvalue weighted by Gasteiger charge is -2.26. The molecule has 0 radical (unpaired) electrons. The highest BCUT2D eigenvalue weighted by Crippen LogP contribution is 2.35. The highest BCUT2D eigenvalue weighted by atomic mass is 19.1. The van der Waals surface area contributed by atoms with Crippen molar-refractivity contribution in [3.8, 4) is 22.3 Å². The molecule has 622 valence electrons. The van der Waals surface area contributed by atoms with E-state index in [1.807, 2.05) is 81.5 Å². The van der Waals surface area contributed by atoms with Crippen molar-refractivity contribution in [3.05, 3.63) is 225 Å². The Kier molecular flexibility index (Phi) is 30.4. The molecule has 4 saturated heterocycles. The first kappa shape index (κ1) is 86.0. The average molecular weight is 1610 g/mol. The number of carbonyl (C=O) groups excluding carboxylic acids is 6. The van der Waals surface area contributed by atoms with Crippen LogP contribution in [0.2, 0.25) is 0 Å². The van der Waals surface area contributed by atoms with E-state index in [4.69, 9.17) is 24.2 Å². The molecule has 0 saturated carbocycles. The molecular formula is C91H110F2N16O9. The SMILES string of the molecule is CC(C)(C)OC(=O)N1CCCNCC1.CCc1nc2c(cnn2CC)c(NC2CCOCC2)c1CNC(=O)c1cccc(C(=O)NCc2cc(F)cc(-c3cccc(C=O)c3)c2)c1.CCc1nc2c(cnn2CC)c(NC2CCOCC2)c1CNC(=O)c1cccc(C(=O)NCc2cc(F)cc(-c3cccc(CN4CCCNCC4)c3)c2)c1. The second-order valence-electron chi connectivity index (χ2n) is 31.0. The topological polar surface area (TPSA) is 294 Å². The van der Waals surface area contributed by atoms with Crippen LogP contribution in [0.15, 0.2) is 146 Å². The number of hydrogen-bond acceptors (Lipinski definition) is 18. The Morgan fingerprint density at radius 2 is 0.949 bits per heavy atom. The van der Waals surface area contributed by atoms with Crippen molar-refractivity contribution in [1.82, 2.24) is 71.2 Å². The second-order valence-corrected chi connectivity index (χ2v) is 31.0. The minimum atomic E-state index is -0.456. The van der Waals surface area contributed by atoms with Gasteiger partial charge in [0, 0.05) is 167 Å². The highest BCUT2D eigenvalue weighted by Gasteiger charge is 2.27. The van der Waals surface area contributed by atoms with Crippen molar-refractivity contribution in [2.45, 2.75) is 163 Å². The first-order valence-electron chi connectivity index (χ1n) is 41.4. The Morgan fingerprint density at radius 3 is 1.42 bits per heavy atom. The van der Waals surface area contributed by atoms with Gasteiger partial charge >= 0.3 is 6.09 Å². The molecule has 0 bridgehead atoms. The van der Waals surface area contributed by atoms with Gasteiger partial charge in [0.25, 0.3) is 23.6 Å². The van der Waals surface area contributed by atoms with Crippen molar-refractivity contribution in [3.63, 3.8) is 0 Å². The number of halogens is 2. The molecule has 0 unspecified atom stereocenters. The molecule has 4 aromatic heterocycles. The summed E-state index contributed by atoms with van der Waals surface area (Å²) in [6, 6.07) is 38.1. The number of nitrogens with zero attached hydrogens (tertiary/aromatic N) is 8. The molecule has 118 heavy (non-hydrogen) atoms. The number of aryl methyl sites for hydroxylation is 4. The molecule has 0 atom stereocenters. The Bertz CT molecular complexity index is 5130. The number of aromatic nitrogens is 6. The lowest BCUT2D eigenvalue weighted by atomic mass is 10.0. The molecular weight excluding hydrogens is 1500 g/mol. The van der Waals surface area contributed by atoms with E-state index in [1.165, 1.54) is 29.8 Å². The van der Waals surface area contributed by atoms with Crippen LogP contribution in [-0.2, 0) is 72.9 Å².